The molecule has 0 bridgehead atoms. The molecule has 1 heterocycles. The van der Waals surface area contributed by atoms with Crippen molar-refractivity contribution in [1.29, 1.82) is 5.26 Å². The van der Waals surface area contributed by atoms with E-state index in [1.165, 1.54) is 6.07 Å². The van der Waals surface area contributed by atoms with Gasteiger partial charge in [-0.1, -0.05) is 0 Å². The second-order valence-corrected chi connectivity index (χ2v) is 3.77. The van der Waals surface area contributed by atoms with Crippen LogP contribution in [0.25, 0.3) is 11.3 Å². The van der Waals surface area contributed by atoms with Crippen LogP contribution in [0.3, 0.4) is 0 Å². The number of nitriles is 1. The van der Waals surface area contributed by atoms with Gasteiger partial charge in [0.15, 0.2) is 11.6 Å². The van der Waals surface area contributed by atoms with E-state index in [2.05, 4.69) is 9.97 Å². The molecule has 2 aromatic rings. The highest BCUT2D eigenvalue weighted by Gasteiger charge is 2.07. The fourth-order valence-electron chi connectivity index (χ4n) is 1.65. The molecular formula is C14H12FN3O. The van der Waals surface area contributed by atoms with E-state index in [-0.39, 0.29) is 12.2 Å². The van der Waals surface area contributed by atoms with Crippen LogP contribution in [0.5, 0.6) is 5.75 Å². The van der Waals surface area contributed by atoms with Crippen molar-refractivity contribution in [2.45, 2.75) is 13.3 Å². The smallest absolute Gasteiger partial charge is 0.165 e. The van der Waals surface area contributed by atoms with Gasteiger partial charge < -0.3 is 4.74 Å². The molecule has 0 amide bonds. The largest absolute Gasteiger partial charge is 0.491 e. The predicted octanol–water partition coefficient (Wildman–Crippen LogP) is 2.75. The van der Waals surface area contributed by atoms with Crippen LogP contribution in [0.15, 0.2) is 30.5 Å². The summed E-state index contributed by atoms with van der Waals surface area (Å²) in [5, 5.41) is 8.61. The quantitative estimate of drug-likeness (QED) is 0.845. The monoisotopic (exact) mass is 257 g/mol. The fourth-order valence-corrected chi connectivity index (χ4v) is 1.65. The Labute approximate surface area is 110 Å². The molecular weight excluding hydrogens is 245 g/mol. The highest BCUT2D eigenvalue weighted by Crippen LogP contribution is 2.24. The van der Waals surface area contributed by atoms with Crippen molar-refractivity contribution in [3.63, 3.8) is 0 Å². The number of nitrogens with zero attached hydrogens (tertiary/aromatic N) is 3. The number of rotatable bonds is 4. The van der Waals surface area contributed by atoms with E-state index in [9.17, 15) is 4.39 Å². The summed E-state index contributed by atoms with van der Waals surface area (Å²) in [5.41, 5.74) is 1.21. The van der Waals surface area contributed by atoms with Crippen molar-refractivity contribution in [2.75, 3.05) is 6.61 Å². The molecule has 0 saturated heterocycles. The molecule has 2 rings (SSSR count). The first kappa shape index (κ1) is 13.0. The number of aromatic nitrogens is 2. The van der Waals surface area contributed by atoms with Gasteiger partial charge in [-0.25, -0.2) is 14.4 Å². The zero-order chi connectivity index (χ0) is 13.7. The summed E-state index contributed by atoms with van der Waals surface area (Å²) >= 11 is 0. The van der Waals surface area contributed by atoms with Gasteiger partial charge in [0.25, 0.3) is 0 Å². The van der Waals surface area contributed by atoms with Crippen molar-refractivity contribution in [1.82, 2.24) is 9.97 Å². The molecule has 0 unspecified atom stereocenters. The van der Waals surface area contributed by atoms with Gasteiger partial charge in [0, 0.05) is 11.8 Å². The molecule has 0 N–H and O–H groups in total. The Balaban J connectivity index is 2.34. The lowest BCUT2D eigenvalue weighted by atomic mass is 10.1. The van der Waals surface area contributed by atoms with Crippen LogP contribution in [-0.2, 0) is 6.42 Å². The maximum Gasteiger partial charge on any atom is 0.165 e. The van der Waals surface area contributed by atoms with Crippen LogP contribution in [-0.4, -0.2) is 16.6 Å². The van der Waals surface area contributed by atoms with Crippen LogP contribution in [0.4, 0.5) is 4.39 Å². The van der Waals surface area contributed by atoms with E-state index in [1.54, 1.807) is 31.3 Å². The SMILES string of the molecule is CCOc1ccc(-c2ccnc(CC#N)n2)cc1F. The lowest BCUT2D eigenvalue weighted by Gasteiger charge is -2.07. The molecule has 0 spiro atoms. The molecule has 1 aromatic carbocycles. The van der Waals surface area contributed by atoms with E-state index in [0.29, 0.717) is 23.7 Å². The van der Waals surface area contributed by atoms with Gasteiger partial charge in [0.1, 0.15) is 5.82 Å². The Bertz CT molecular complexity index is 622. The lowest BCUT2D eigenvalue weighted by molar-refractivity contribution is 0.321. The van der Waals surface area contributed by atoms with E-state index in [0.717, 1.165) is 0 Å². The van der Waals surface area contributed by atoms with Gasteiger partial charge >= 0.3 is 0 Å². The zero-order valence-corrected chi connectivity index (χ0v) is 10.4. The third kappa shape index (κ3) is 3.05. The first-order valence-corrected chi connectivity index (χ1v) is 5.86. The average molecular weight is 257 g/mol. The third-order valence-corrected chi connectivity index (χ3v) is 2.47. The molecule has 0 aliphatic rings. The Morgan fingerprint density at radius 2 is 2.21 bits per heavy atom. The summed E-state index contributed by atoms with van der Waals surface area (Å²) in [5.74, 6) is 0.214. The van der Waals surface area contributed by atoms with Gasteiger partial charge in [-0.15, -0.1) is 0 Å². The van der Waals surface area contributed by atoms with Crippen molar-refractivity contribution >= 4 is 0 Å². The molecule has 96 valence electrons. The lowest BCUT2D eigenvalue weighted by Crippen LogP contribution is -1.97. The molecule has 5 heteroatoms. The minimum atomic E-state index is -0.431. The first-order chi connectivity index (χ1) is 9.24. The molecule has 0 fully saturated rings. The molecule has 4 nitrogen and oxygen atoms in total. The number of hydrogen-bond donors (Lipinski definition) is 0. The number of halogens is 1. The maximum absolute atomic E-state index is 13.8. The molecule has 0 saturated carbocycles. The van der Waals surface area contributed by atoms with Crippen LogP contribution in [0.1, 0.15) is 12.7 Å². The van der Waals surface area contributed by atoms with Crippen molar-refractivity contribution in [2.24, 2.45) is 0 Å². The van der Waals surface area contributed by atoms with Crippen molar-refractivity contribution in [3.8, 4) is 23.1 Å². The second kappa shape index (κ2) is 5.91. The first-order valence-electron chi connectivity index (χ1n) is 5.86. The zero-order valence-electron chi connectivity index (χ0n) is 10.4. The van der Waals surface area contributed by atoms with Gasteiger partial charge in [-0.3, -0.25) is 0 Å². The number of benzene rings is 1. The summed E-state index contributed by atoms with van der Waals surface area (Å²) in [7, 11) is 0. The summed E-state index contributed by atoms with van der Waals surface area (Å²) in [6.45, 7) is 2.21. The summed E-state index contributed by atoms with van der Waals surface area (Å²) in [6.07, 6.45) is 1.69. The van der Waals surface area contributed by atoms with Crippen LogP contribution in [0.2, 0.25) is 0 Å². The molecule has 19 heavy (non-hydrogen) atoms. The van der Waals surface area contributed by atoms with E-state index >= 15 is 0 Å². The molecule has 1 aromatic heterocycles. The van der Waals surface area contributed by atoms with Crippen LogP contribution in [0, 0.1) is 17.1 Å². The fraction of sp³-hybridized carbons (Fsp3) is 0.214. The Morgan fingerprint density at radius 1 is 1.37 bits per heavy atom. The van der Waals surface area contributed by atoms with E-state index in [1.807, 2.05) is 6.07 Å². The van der Waals surface area contributed by atoms with E-state index < -0.39 is 5.82 Å². The number of ether oxygens (including phenoxy) is 1. The highest BCUT2D eigenvalue weighted by atomic mass is 19.1. The topological polar surface area (TPSA) is 58.8 Å². The Morgan fingerprint density at radius 3 is 2.89 bits per heavy atom. The summed E-state index contributed by atoms with van der Waals surface area (Å²) in [4.78, 5) is 8.18. The highest BCUT2D eigenvalue weighted by molar-refractivity contribution is 5.60. The van der Waals surface area contributed by atoms with E-state index in [4.69, 9.17) is 10.00 Å². The van der Waals surface area contributed by atoms with Crippen molar-refractivity contribution in [3.05, 3.63) is 42.1 Å². The van der Waals surface area contributed by atoms with Gasteiger partial charge in [0.05, 0.1) is 24.8 Å². The second-order valence-electron chi connectivity index (χ2n) is 3.77. The minimum absolute atomic E-state index is 0.132. The van der Waals surface area contributed by atoms with Crippen LogP contribution < -0.4 is 4.74 Å². The average Bonchev–Trinajstić information content (AvgIpc) is 2.42. The van der Waals surface area contributed by atoms with Crippen LogP contribution >= 0.6 is 0 Å². The third-order valence-electron chi connectivity index (χ3n) is 2.47. The molecule has 0 aliphatic heterocycles. The Hall–Kier alpha value is -2.48. The van der Waals surface area contributed by atoms with Gasteiger partial charge in [-0.05, 0) is 31.2 Å². The maximum atomic E-state index is 13.8. The summed E-state index contributed by atoms with van der Waals surface area (Å²) < 4.78 is 18.9. The van der Waals surface area contributed by atoms with Gasteiger partial charge in [-0.2, -0.15) is 5.26 Å². The molecule has 0 atom stereocenters. The molecule has 0 radical (unpaired) electrons. The summed E-state index contributed by atoms with van der Waals surface area (Å²) in [6, 6.07) is 8.32. The van der Waals surface area contributed by atoms with Gasteiger partial charge in [0.2, 0.25) is 0 Å². The molecule has 0 aliphatic carbocycles. The minimum Gasteiger partial charge on any atom is -0.491 e. The standard InChI is InChI=1S/C14H12FN3O/c1-2-19-13-4-3-10(9-11(13)15)12-6-8-17-14(18-12)5-7-16/h3-4,6,8-9H,2,5H2,1H3. The normalized spacial score (nSPS) is 9.95. The predicted molar refractivity (Wildman–Crippen MR) is 67.9 cm³/mol. The number of hydrogen-bond acceptors (Lipinski definition) is 4. The Kier molecular flexibility index (Phi) is 4.04. The van der Waals surface area contributed by atoms with Crippen molar-refractivity contribution < 1.29 is 9.13 Å².